The second kappa shape index (κ2) is 9.69. The fourth-order valence-electron chi connectivity index (χ4n) is 3.92. The van der Waals surface area contributed by atoms with Crippen LogP contribution in [0.2, 0.25) is 0 Å². The Morgan fingerprint density at radius 1 is 1.10 bits per heavy atom. The van der Waals surface area contributed by atoms with Crippen LogP contribution >= 0.6 is 0 Å². The number of pyridine rings is 1. The van der Waals surface area contributed by atoms with Gasteiger partial charge in [0.25, 0.3) is 5.56 Å². The standard InChI is InChI=1S/C22H30N2O4S/c1-17-8-13-22(25)24(15-17)20(14-23-29(2,26)27)16-28-21-11-9-19(10-12-21)18-6-4-3-5-7-18/h3-8,13,15,19-21,23H,9-12,14,16H2,1-2H3/t19?,20-,21?/m0/s1. The Balaban J connectivity index is 1.61. The zero-order chi connectivity index (χ0) is 20.9. The van der Waals surface area contributed by atoms with Gasteiger partial charge in [0.15, 0.2) is 0 Å². The number of hydrogen-bond acceptors (Lipinski definition) is 4. The highest BCUT2D eigenvalue weighted by Crippen LogP contribution is 2.34. The summed E-state index contributed by atoms with van der Waals surface area (Å²) < 4.78 is 33.4. The van der Waals surface area contributed by atoms with E-state index in [-0.39, 0.29) is 24.2 Å². The van der Waals surface area contributed by atoms with Crippen LogP contribution in [-0.2, 0) is 14.8 Å². The topological polar surface area (TPSA) is 77.4 Å². The first-order valence-corrected chi connectivity index (χ1v) is 12.0. The second-order valence-corrected chi connectivity index (χ2v) is 9.78. The summed E-state index contributed by atoms with van der Waals surface area (Å²) in [6, 6.07) is 13.4. The molecule has 158 valence electrons. The third-order valence-electron chi connectivity index (χ3n) is 5.53. The Morgan fingerprint density at radius 2 is 1.79 bits per heavy atom. The van der Waals surface area contributed by atoms with Crippen LogP contribution in [0, 0.1) is 6.92 Å². The van der Waals surface area contributed by atoms with Crippen LogP contribution in [0.15, 0.2) is 53.5 Å². The predicted octanol–water partition coefficient (Wildman–Crippen LogP) is 2.99. The maximum atomic E-state index is 12.3. The summed E-state index contributed by atoms with van der Waals surface area (Å²) >= 11 is 0. The number of nitrogens with one attached hydrogen (secondary N) is 1. The fourth-order valence-corrected chi connectivity index (χ4v) is 4.42. The Kier molecular flexibility index (Phi) is 7.27. The van der Waals surface area contributed by atoms with Crippen molar-refractivity contribution in [2.45, 2.75) is 50.7 Å². The molecule has 1 fully saturated rings. The van der Waals surface area contributed by atoms with Gasteiger partial charge in [0.05, 0.1) is 25.0 Å². The largest absolute Gasteiger partial charge is 0.376 e. The van der Waals surface area contributed by atoms with Gasteiger partial charge in [-0.25, -0.2) is 13.1 Å². The number of aryl methyl sites for hydroxylation is 1. The third-order valence-corrected chi connectivity index (χ3v) is 6.22. The van der Waals surface area contributed by atoms with Gasteiger partial charge in [0.1, 0.15) is 0 Å². The minimum atomic E-state index is -3.35. The van der Waals surface area contributed by atoms with Gasteiger partial charge in [-0.2, -0.15) is 0 Å². The molecule has 6 nitrogen and oxygen atoms in total. The first-order valence-electron chi connectivity index (χ1n) is 10.1. The molecule has 29 heavy (non-hydrogen) atoms. The molecule has 0 aliphatic heterocycles. The van der Waals surface area contributed by atoms with E-state index in [0.717, 1.165) is 37.5 Å². The van der Waals surface area contributed by atoms with Gasteiger partial charge in [-0.1, -0.05) is 36.4 Å². The van der Waals surface area contributed by atoms with Gasteiger partial charge in [0, 0.05) is 18.8 Å². The van der Waals surface area contributed by atoms with Crippen LogP contribution in [-0.4, -0.2) is 38.5 Å². The molecule has 1 N–H and O–H groups in total. The molecule has 1 saturated carbocycles. The second-order valence-electron chi connectivity index (χ2n) is 7.94. The van der Waals surface area contributed by atoms with E-state index < -0.39 is 10.0 Å². The van der Waals surface area contributed by atoms with Gasteiger partial charge < -0.3 is 9.30 Å². The first kappa shape index (κ1) is 21.7. The van der Waals surface area contributed by atoms with Crippen LogP contribution in [0.1, 0.15) is 48.8 Å². The minimum absolute atomic E-state index is 0.127. The van der Waals surface area contributed by atoms with Crippen LogP contribution in [0.4, 0.5) is 0 Å². The van der Waals surface area contributed by atoms with E-state index in [2.05, 4.69) is 29.0 Å². The molecule has 1 aliphatic rings. The highest BCUT2D eigenvalue weighted by atomic mass is 32.2. The summed E-state index contributed by atoms with van der Waals surface area (Å²) in [6.07, 6.45) is 7.09. The van der Waals surface area contributed by atoms with Gasteiger partial charge in [-0.15, -0.1) is 0 Å². The van der Waals surface area contributed by atoms with E-state index in [4.69, 9.17) is 4.74 Å². The summed E-state index contributed by atoms with van der Waals surface area (Å²) in [6.45, 7) is 2.33. The van der Waals surface area contributed by atoms with Crippen molar-refractivity contribution in [3.05, 3.63) is 70.1 Å². The van der Waals surface area contributed by atoms with Gasteiger partial charge >= 0.3 is 0 Å². The van der Waals surface area contributed by atoms with Crippen molar-refractivity contribution in [1.82, 2.24) is 9.29 Å². The van der Waals surface area contributed by atoms with Crippen LogP contribution < -0.4 is 10.3 Å². The Bertz CT molecular complexity index is 948. The van der Waals surface area contributed by atoms with E-state index in [0.29, 0.717) is 12.5 Å². The van der Waals surface area contributed by atoms with Crippen molar-refractivity contribution >= 4 is 10.0 Å². The maximum absolute atomic E-state index is 12.3. The van der Waals surface area contributed by atoms with Crippen molar-refractivity contribution in [1.29, 1.82) is 0 Å². The number of sulfonamides is 1. The lowest BCUT2D eigenvalue weighted by atomic mass is 9.83. The molecule has 3 rings (SSSR count). The van der Waals surface area contributed by atoms with Crippen molar-refractivity contribution in [2.24, 2.45) is 0 Å². The number of nitrogens with zero attached hydrogens (tertiary/aromatic N) is 1. The zero-order valence-corrected chi connectivity index (χ0v) is 17.9. The van der Waals surface area contributed by atoms with Crippen LogP contribution in [0.25, 0.3) is 0 Å². The number of aromatic nitrogens is 1. The van der Waals surface area contributed by atoms with E-state index in [1.54, 1.807) is 16.8 Å². The molecule has 0 saturated heterocycles. The fraction of sp³-hybridized carbons (Fsp3) is 0.500. The van der Waals surface area contributed by atoms with Crippen LogP contribution in [0.3, 0.4) is 0 Å². The van der Waals surface area contributed by atoms with E-state index in [1.807, 2.05) is 13.0 Å². The Labute approximate surface area is 173 Å². The summed E-state index contributed by atoms with van der Waals surface area (Å²) in [5.41, 5.74) is 2.16. The lowest BCUT2D eigenvalue weighted by Gasteiger charge is -2.30. The van der Waals surface area contributed by atoms with Crippen LogP contribution in [0.5, 0.6) is 0 Å². The zero-order valence-electron chi connectivity index (χ0n) is 17.1. The van der Waals surface area contributed by atoms with Crippen molar-refractivity contribution in [2.75, 3.05) is 19.4 Å². The highest BCUT2D eigenvalue weighted by Gasteiger charge is 2.24. The molecule has 0 spiro atoms. The molecule has 1 heterocycles. The summed E-state index contributed by atoms with van der Waals surface area (Å²) in [5, 5.41) is 0. The number of benzene rings is 1. The maximum Gasteiger partial charge on any atom is 0.250 e. The summed E-state index contributed by atoms with van der Waals surface area (Å²) in [4.78, 5) is 12.3. The molecule has 1 aromatic carbocycles. The lowest BCUT2D eigenvalue weighted by Crippen LogP contribution is -2.37. The van der Waals surface area contributed by atoms with Crippen molar-refractivity contribution in [3.8, 4) is 0 Å². The highest BCUT2D eigenvalue weighted by molar-refractivity contribution is 7.88. The van der Waals surface area contributed by atoms with E-state index >= 15 is 0 Å². The quantitative estimate of drug-likeness (QED) is 0.715. The molecule has 2 aromatic rings. The van der Waals surface area contributed by atoms with Gasteiger partial charge in [-0.05, 0) is 49.7 Å². The van der Waals surface area contributed by atoms with Gasteiger partial charge in [-0.3, -0.25) is 4.79 Å². The number of hydrogen-bond donors (Lipinski definition) is 1. The lowest BCUT2D eigenvalue weighted by molar-refractivity contribution is 0.00735. The third kappa shape index (κ3) is 6.52. The molecular weight excluding hydrogens is 388 g/mol. The van der Waals surface area contributed by atoms with Crippen molar-refractivity contribution in [3.63, 3.8) is 0 Å². The summed E-state index contributed by atoms with van der Waals surface area (Å²) in [5.74, 6) is 0.568. The molecule has 0 amide bonds. The monoisotopic (exact) mass is 418 g/mol. The molecule has 1 atom stereocenters. The molecule has 7 heteroatoms. The average Bonchev–Trinajstić information content (AvgIpc) is 2.70. The molecule has 0 unspecified atom stereocenters. The van der Waals surface area contributed by atoms with Crippen molar-refractivity contribution < 1.29 is 13.2 Å². The molecule has 1 aromatic heterocycles. The van der Waals surface area contributed by atoms with E-state index in [1.165, 1.54) is 11.6 Å². The normalized spacial score (nSPS) is 21.0. The SMILES string of the molecule is Cc1ccc(=O)n([C@@H](CNS(C)(=O)=O)COC2CCC(c3ccccc3)CC2)c1. The first-order chi connectivity index (χ1) is 13.8. The minimum Gasteiger partial charge on any atom is -0.376 e. The average molecular weight is 419 g/mol. The molecular formula is C22H30N2O4S. The number of ether oxygens (including phenoxy) is 1. The van der Waals surface area contributed by atoms with Gasteiger partial charge in [0.2, 0.25) is 10.0 Å². The Morgan fingerprint density at radius 3 is 2.45 bits per heavy atom. The molecule has 0 bridgehead atoms. The molecule has 1 aliphatic carbocycles. The summed E-state index contributed by atoms with van der Waals surface area (Å²) in [7, 11) is -3.35. The number of rotatable bonds is 8. The predicted molar refractivity (Wildman–Crippen MR) is 115 cm³/mol. The van der Waals surface area contributed by atoms with E-state index in [9.17, 15) is 13.2 Å². The smallest absolute Gasteiger partial charge is 0.250 e. The molecule has 0 radical (unpaired) electrons. The Hall–Kier alpha value is -1.96.